The van der Waals surface area contributed by atoms with Crippen LogP contribution in [0.3, 0.4) is 0 Å². The minimum absolute atomic E-state index is 0. The van der Waals surface area contributed by atoms with E-state index in [2.05, 4.69) is 15.9 Å². The number of halogens is 8. The highest BCUT2D eigenvalue weighted by molar-refractivity contribution is 9.10. The third-order valence-electron chi connectivity index (χ3n) is 2.17. The Hall–Kier alpha value is -0.470. The van der Waals surface area contributed by atoms with Gasteiger partial charge in [-0.3, -0.25) is 0 Å². The summed E-state index contributed by atoms with van der Waals surface area (Å²) >= 11 is 2.89. The van der Waals surface area contributed by atoms with E-state index in [0.717, 1.165) is 12.1 Å². The maximum Gasteiger partial charge on any atom is 0.416 e. The van der Waals surface area contributed by atoms with E-state index >= 15 is 0 Å². The summed E-state index contributed by atoms with van der Waals surface area (Å²) in [6.45, 7) is 0. The fraction of sp³-hybridized carbons (Fsp3) is 0.400. The van der Waals surface area contributed by atoms with Crippen LogP contribution in [0.5, 0.6) is 0 Å². The van der Waals surface area contributed by atoms with Gasteiger partial charge in [0.2, 0.25) is 0 Å². The lowest BCUT2D eigenvalue weighted by molar-refractivity contribution is -0.138. The highest BCUT2D eigenvalue weighted by Crippen LogP contribution is 2.36. The van der Waals surface area contributed by atoms with Gasteiger partial charge in [0.05, 0.1) is 12.0 Å². The number of alkyl halides is 6. The van der Waals surface area contributed by atoms with Crippen LogP contribution in [-0.2, 0) is 6.18 Å². The van der Waals surface area contributed by atoms with E-state index in [4.69, 9.17) is 5.73 Å². The summed E-state index contributed by atoms with van der Waals surface area (Å²) in [5, 5.41) is 0. The van der Waals surface area contributed by atoms with Crippen molar-refractivity contribution >= 4 is 28.3 Å². The molecule has 0 saturated heterocycles. The van der Waals surface area contributed by atoms with Crippen molar-refractivity contribution in [2.75, 3.05) is 0 Å². The van der Waals surface area contributed by atoms with Crippen molar-refractivity contribution in [2.24, 2.45) is 5.73 Å². The summed E-state index contributed by atoms with van der Waals surface area (Å²) < 4.78 is 73.8. The molecule has 1 aromatic rings. The first-order valence-electron chi connectivity index (χ1n) is 4.69. The third kappa shape index (κ3) is 5.58. The van der Waals surface area contributed by atoms with Crippen LogP contribution in [0.1, 0.15) is 23.6 Å². The van der Waals surface area contributed by atoms with Crippen molar-refractivity contribution in [3.8, 4) is 0 Å². The quantitative estimate of drug-likeness (QED) is 0.739. The van der Waals surface area contributed by atoms with Crippen LogP contribution in [0.2, 0.25) is 0 Å². The number of hydrogen-bond acceptors (Lipinski definition) is 1. The van der Waals surface area contributed by atoms with Gasteiger partial charge in [-0.15, -0.1) is 12.4 Å². The summed E-state index contributed by atoms with van der Waals surface area (Å²) in [4.78, 5) is 0. The van der Waals surface area contributed by atoms with Crippen molar-refractivity contribution in [3.05, 3.63) is 33.8 Å². The molecule has 0 aromatic heterocycles. The molecule has 0 amide bonds. The molecule has 1 rings (SSSR count). The van der Waals surface area contributed by atoms with Crippen LogP contribution in [0.25, 0.3) is 0 Å². The molecule has 9 heteroatoms. The van der Waals surface area contributed by atoms with Gasteiger partial charge in [-0.25, -0.2) is 0 Å². The molecule has 0 spiro atoms. The van der Waals surface area contributed by atoms with Crippen LogP contribution in [-0.4, -0.2) is 6.18 Å². The van der Waals surface area contributed by atoms with Crippen molar-refractivity contribution in [3.63, 3.8) is 0 Å². The fourth-order valence-corrected chi connectivity index (χ4v) is 1.90. The number of hydrogen-bond donors (Lipinski definition) is 1. The van der Waals surface area contributed by atoms with Crippen molar-refractivity contribution < 1.29 is 26.3 Å². The number of nitrogens with two attached hydrogens (primary N) is 1. The average molecular weight is 373 g/mol. The number of benzene rings is 1. The van der Waals surface area contributed by atoms with Gasteiger partial charge in [0, 0.05) is 10.5 Å². The van der Waals surface area contributed by atoms with E-state index in [-0.39, 0.29) is 22.4 Å². The molecule has 0 radical (unpaired) electrons. The van der Waals surface area contributed by atoms with E-state index < -0.39 is 30.4 Å². The van der Waals surface area contributed by atoms with E-state index in [9.17, 15) is 26.3 Å². The van der Waals surface area contributed by atoms with E-state index in [0.29, 0.717) is 6.07 Å². The summed E-state index contributed by atoms with van der Waals surface area (Å²) in [5.41, 5.74) is 4.03. The van der Waals surface area contributed by atoms with Gasteiger partial charge in [0.1, 0.15) is 0 Å². The van der Waals surface area contributed by atoms with E-state index in [1.165, 1.54) is 0 Å². The predicted molar refractivity (Wildman–Crippen MR) is 64.0 cm³/mol. The van der Waals surface area contributed by atoms with Gasteiger partial charge in [-0.05, 0) is 23.8 Å². The maximum atomic E-state index is 12.4. The molecule has 19 heavy (non-hydrogen) atoms. The van der Waals surface area contributed by atoms with Gasteiger partial charge >= 0.3 is 12.4 Å². The second-order valence-corrected chi connectivity index (χ2v) is 4.51. The second kappa shape index (κ2) is 6.32. The molecule has 110 valence electrons. The second-order valence-electron chi connectivity index (χ2n) is 3.66. The molecule has 1 nitrogen and oxygen atoms in total. The van der Waals surface area contributed by atoms with Gasteiger partial charge in [-0.2, -0.15) is 26.3 Å². The molecule has 0 unspecified atom stereocenters. The topological polar surface area (TPSA) is 26.0 Å². The molecule has 0 heterocycles. The molecule has 0 aliphatic carbocycles. The first kappa shape index (κ1) is 18.5. The Labute approximate surface area is 119 Å². The van der Waals surface area contributed by atoms with Gasteiger partial charge in [0.25, 0.3) is 0 Å². The zero-order valence-corrected chi connectivity index (χ0v) is 11.6. The summed E-state index contributed by atoms with van der Waals surface area (Å²) in [6.07, 6.45) is -10.5. The molecule has 1 atom stereocenters. The first-order chi connectivity index (χ1) is 8.00. The minimum Gasteiger partial charge on any atom is -0.324 e. The Morgan fingerprint density at radius 1 is 1.11 bits per heavy atom. The lowest BCUT2D eigenvalue weighted by Gasteiger charge is -2.17. The van der Waals surface area contributed by atoms with Gasteiger partial charge in [0.15, 0.2) is 0 Å². The lowest BCUT2D eigenvalue weighted by atomic mass is 10.0. The summed E-state index contributed by atoms with van der Waals surface area (Å²) in [5.74, 6) is 0. The van der Waals surface area contributed by atoms with Crippen LogP contribution >= 0.6 is 28.3 Å². The maximum absolute atomic E-state index is 12.4. The largest absolute Gasteiger partial charge is 0.416 e. The van der Waals surface area contributed by atoms with Crippen LogP contribution < -0.4 is 5.73 Å². The summed E-state index contributed by atoms with van der Waals surface area (Å²) in [7, 11) is 0. The molecule has 2 N–H and O–H groups in total. The van der Waals surface area contributed by atoms with E-state index in [1.54, 1.807) is 0 Å². The van der Waals surface area contributed by atoms with Gasteiger partial charge in [-0.1, -0.05) is 15.9 Å². The SMILES string of the molecule is Cl.N[C@@H](CC(F)(F)F)c1cc(C(F)(F)F)ccc1Br. The zero-order valence-electron chi connectivity index (χ0n) is 9.15. The Morgan fingerprint density at radius 3 is 2.05 bits per heavy atom. The molecular weight excluding hydrogens is 363 g/mol. The summed E-state index contributed by atoms with van der Waals surface area (Å²) in [6, 6.07) is 0.893. The molecule has 0 fully saturated rings. The van der Waals surface area contributed by atoms with Crippen molar-refractivity contribution in [1.82, 2.24) is 0 Å². The van der Waals surface area contributed by atoms with Crippen LogP contribution in [0.15, 0.2) is 22.7 Å². The molecule has 0 saturated carbocycles. The Kier molecular flexibility index (Phi) is 6.16. The van der Waals surface area contributed by atoms with Crippen LogP contribution in [0, 0.1) is 0 Å². The average Bonchev–Trinajstić information content (AvgIpc) is 2.13. The normalized spacial score (nSPS) is 13.9. The standard InChI is InChI=1S/C10H8BrF6N.ClH/c11-7-2-1-5(10(15,16)17)3-6(7)8(18)4-9(12,13)14;/h1-3,8H,4,18H2;1H/t8-;/m0./s1. The fourth-order valence-electron chi connectivity index (χ4n) is 1.36. The van der Waals surface area contributed by atoms with Crippen LogP contribution in [0.4, 0.5) is 26.3 Å². The monoisotopic (exact) mass is 371 g/mol. The molecular formula is C10H9BrClF6N. The number of rotatable bonds is 2. The highest BCUT2D eigenvalue weighted by atomic mass is 79.9. The third-order valence-corrected chi connectivity index (χ3v) is 2.90. The zero-order chi connectivity index (χ0) is 14.1. The molecule has 0 bridgehead atoms. The Balaban J connectivity index is 0.00000324. The van der Waals surface area contributed by atoms with E-state index in [1.807, 2.05) is 0 Å². The Morgan fingerprint density at radius 2 is 1.63 bits per heavy atom. The molecule has 1 aromatic carbocycles. The van der Waals surface area contributed by atoms with Crippen molar-refractivity contribution in [2.45, 2.75) is 24.8 Å². The van der Waals surface area contributed by atoms with Gasteiger partial charge < -0.3 is 5.73 Å². The lowest BCUT2D eigenvalue weighted by Crippen LogP contribution is -2.21. The first-order valence-corrected chi connectivity index (χ1v) is 5.49. The smallest absolute Gasteiger partial charge is 0.324 e. The minimum atomic E-state index is -4.62. The predicted octanol–water partition coefficient (Wildman–Crippen LogP) is 4.84. The Bertz CT molecular complexity index is 431. The van der Waals surface area contributed by atoms with Crippen molar-refractivity contribution in [1.29, 1.82) is 0 Å². The highest BCUT2D eigenvalue weighted by Gasteiger charge is 2.34. The molecule has 0 aliphatic rings. The molecule has 0 aliphatic heterocycles.